The number of methoxy groups -OCH3 is 1. The largest absolute Gasteiger partial charge is 0.466 e. The molecule has 0 aliphatic heterocycles. The smallest absolute Gasteiger partial charge is 0.334 e. The number of rotatable bonds is 13. The van der Waals surface area contributed by atoms with Crippen molar-refractivity contribution in [2.75, 3.05) is 7.11 Å². The minimum absolute atomic E-state index is 0.0191. The fourth-order valence-electron chi connectivity index (χ4n) is 2.41. The highest BCUT2D eigenvalue weighted by Crippen LogP contribution is 2.27. The topological polar surface area (TPSA) is 75.6 Å². The summed E-state index contributed by atoms with van der Waals surface area (Å²) in [6.07, 6.45) is 2.77. The van der Waals surface area contributed by atoms with Crippen molar-refractivity contribution in [2.45, 2.75) is 78.9 Å². The molecule has 3 atom stereocenters. The second-order valence-corrected chi connectivity index (χ2v) is 8.23. The molecule has 27 heavy (non-hydrogen) atoms. The molecule has 1 amide bonds. The van der Waals surface area contributed by atoms with Gasteiger partial charge in [0.2, 0.25) is 5.91 Å². The highest BCUT2D eigenvalue weighted by molar-refractivity contribution is 8.05. The third kappa shape index (κ3) is 10.0. The van der Waals surface area contributed by atoms with E-state index in [0.717, 1.165) is 19.3 Å². The quantitative estimate of drug-likeness (QED) is 0.354. The Morgan fingerprint density at radius 2 is 1.89 bits per heavy atom. The van der Waals surface area contributed by atoms with Gasteiger partial charge in [-0.1, -0.05) is 59.4 Å². The molecule has 156 valence electrons. The number of esters is 1. The Morgan fingerprint density at radius 1 is 1.26 bits per heavy atom. The van der Waals surface area contributed by atoms with Crippen LogP contribution in [0.15, 0.2) is 22.5 Å². The summed E-state index contributed by atoms with van der Waals surface area (Å²) in [7, 11) is 1.36. The summed E-state index contributed by atoms with van der Waals surface area (Å²) in [6.45, 7) is 14.0. The first-order chi connectivity index (χ1) is 12.7. The second-order valence-electron chi connectivity index (χ2n) is 7.23. The number of ether oxygens (including phenoxy) is 1. The Balaban J connectivity index is 4.90. The molecule has 0 aromatic rings. The van der Waals surface area contributed by atoms with E-state index in [1.165, 1.54) is 18.9 Å². The van der Waals surface area contributed by atoms with Crippen LogP contribution in [0.3, 0.4) is 0 Å². The number of amides is 1. The fourth-order valence-corrected chi connectivity index (χ4v) is 3.27. The zero-order valence-corrected chi connectivity index (χ0v) is 18.5. The molecule has 5 nitrogen and oxygen atoms in total. The number of aliphatic hydroxyl groups excluding tert-OH is 1. The maximum absolute atomic E-state index is 12.0. The van der Waals surface area contributed by atoms with Gasteiger partial charge in [0.1, 0.15) is 0 Å². The van der Waals surface area contributed by atoms with Crippen molar-refractivity contribution in [3.05, 3.63) is 22.5 Å². The Hall–Kier alpha value is -1.27. The number of unbranched alkanes of at least 4 members (excludes halogenated alkanes) is 1. The average molecular weight is 400 g/mol. The van der Waals surface area contributed by atoms with Crippen molar-refractivity contribution in [3.8, 4) is 0 Å². The standard InChI is InChI=1S/C21H37NO4S/c1-8-10-11-20(24)22-18(14(3)4)12-19(23)16(6)27-13-17(15(5)9-2)21(25)26-7/h13-15,18-19,23H,6,8-12H2,1-5,7H3,(H,22,24)/b17-13+. The van der Waals surface area contributed by atoms with E-state index in [9.17, 15) is 14.7 Å². The number of thioether (sulfide) groups is 1. The van der Waals surface area contributed by atoms with Crippen LogP contribution in [0.1, 0.15) is 66.7 Å². The lowest BCUT2D eigenvalue weighted by molar-refractivity contribution is -0.136. The molecule has 0 saturated carbocycles. The minimum Gasteiger partial charge on any atom is -0.466 e. The molecule has 0 rings (SSSR count). The van der Waals surface area contributed by atoms with Crippen molar-refractivity contribution in [1.82, 2.24) is 5.32 Å². The lowest BCUT2D eigenvalue weighted by Crippen LogP contribution is -2.40. The highest BCUT2D eigenvalue weighted by Gasteiger charge is 2.22. The number of aliphatic hydroxyl groups is 1. The molecule has 0 fully saturated rings. The van der Waals surface area contributed by atoms with Gasteiger partial charge < -0.3 is 15.2 Å². The van der Waals surface area contributed by atoms with E-state index in [0.29, 0.717) is 23.3 Å². The van der Waals surface area contributed by atoms with Gasteiger partial charge in [0.05, 0.1) is 13.2 Å². The Bertz CT molecular complexity index is 516. The van der Waals surface area contributed by atoms with Gasteiger partial charge in [-0.3, -0.25) is 4.79 Å². The van der Waals surface area contributed by atoms with Crippen molar-refractivity contribution >= 4 is 23.6 Å². The van der Waals surface area contributed by atoms with Crippen LogP contribution < -0.4 is 5.32 Å². The average Bonchev–Trinajstić information content (AvgIpc) is 2.64. The van der Waals surface area contributed by atoms with E-state index in [2.05, 4.69) is 11.9 Å². The Morgan fingerprint density at radius 3 is 2.37 bits per heavy atom. The van der Waals surface area contributed by atoms with E-state index in [-0.39, 0.29) is 29.8 Å². The van der Waals surface area contributed by atoms with E-state index in [1.54, 1.807) is 5.41 Å². The molecule has 2 N–H and O–H groups in total. The van der Waals surface area contributed by atoms with Crippen LogP contribution in [0.2, 0.25) is 0 Å². The number of hydrogen-bond donors (Lipinski definition) is 2. The third-order valence-electron chi connectivity index (χ3n) is 4.66. The Kier molecular flexibility index (Phi) is 13.2. The molecule has 0 aliphatic rings. The van der Waals surface area contributed by atoms with Crippen molar-refractivity contribution < 1.29 is 19.4 Å². The molecule has 0 radical (unpaired) electrons. The van der Waals surface area contributed by atoms with Crippen molar-refractivity contribution in [3.63, 3.8) is 0 Å². The summed E-state index contributed by atoms with van der Waals surface area (Å²) in [5.41, 5.74) is 0.576. The fraction of sp³-hybridized carbons (Fsp3) is 0.714. The maximum atomic E-state index is 12.0. The van der Waals surface area contributed by atoms with Gasteiger partial charge in [-0.05, 0) is 36.5 Å². The predicted molar refractivity (Wildman–Crippen MR) is 113 cm³/mol. The molecular weight excluding hydrogens is 362 g/mol. The molecule has 0 aliphatic carbocycles. The van der Waals surface area contributed by atoms with Crippen LogP contribution in [0.25, 0.3) is 0 Å². The molecule has 0 bridgehead atoms. The summed E-state index contributed by atoms with van der Waals surface area (Å²) in [5, 5.41) is 15.2. The first kappa shape index (κ1) is 25.7. The molecule has 0 saturated heterocycles. The minimum atomic E-state index is -0.777. The predicted octanol–water partition coefficient (Wildman–Crippen LogP) is 4.42. The summed E-state index contributed by atoms with van der Waals surface area (Å²) >= 11 is 1.25. The normalized spacial score (nSPS) is 15.2. The first-order valence-electron chi connectivity index (χ1n) is 9.78. The van der Waals surface area contributed by atoms with Gasteiger partial charge in [-0.15, -0.1) is 0 Å². The van der Waals surface area contributed by atoms with Crippen LogP contribution in [0.4, 0.5) is 0 Å². The van der Waals surface area contributed by atoms with E-state index in [4.69, 9.17) is 4.74 Å². The van der Waals surface area contributed by atoms with Crippen LogP contribution in [-0.2, 0) is 14.3 Å². The van der Waals surface area contributed by atoms with Crippen LogP contribution in [0, 0.1) is 11.8 Å². The van der Waals surface area contributed by atoms with E-state index in [1.807, 2.05) is 34.6 Å². The molecule has 3 unspecified atom stereocenters. The number of nitrogens with one attached hydrogen (secondary N) is 1. The number of carbonyl (C=O) groups excluding carboxylic acids is 2. The summed E-state index contributed by atoms with van der Waals surface area (Å²) in [5.74, 6) is -0.0754. The second kappa shape index (κ2) is 13.8. The maximum Gasteiger partial charge on any atom is 0.334 e. The van der Waals surface area contributed by atoms with Crippen LogP contribution in [-0.4, -0.2) is 36.2 Å². The molecule has 6 heteroatoms. The van der Waals surface area contributed by atoms with Gasteiger partial charge in [-0.2, -0.15) is 0 Å². The zero-order chi connectivity index (χ0) is 21.0. The number of carbonyl (C=O) groups is 2. The zero-order valence-electron chi connectivity index (χ0n) is 17.7. The summed E-state index contributed by atoms with van der Waals surface area (Å²) < 4.78 is 4.84. The number of hydrogen-bond acceptors (Lipinski definition) is 5. The lowest BCUT2D eigenvalue weighted by Gasteiger charge is -2.25. The molecule has 0 spiro atoms. The molecule has 0 heterocycles. The van der Waals surface area contributed by atoms with Crippen LogP contribution >= 0.6 is 11.8 Å². The van der Waals surface area contributed by atoms with Crippen LogP contribution in [0.5, 0.6) is 0 Å². The van der Waals surface area contributed by atoms with Gasteiger partial charge >= 0.3 is 5.97 Å². The Labute approximate surface area is 169 Å². The third-order valence-corrected chi connectivity index (χ3v) is 5.61. The van der Waals surface area contributed by atoms with Crippen molar-refractivity contribution in [1.29, 1.82) is 0 Å². The van der Waals surface area contributed by atoms with Gasteiger partial charge in [0.15, 0.2) is 0 Å². The molecule has 0 aromatic heterocycles. The highest BCUT2D eigenvalue weighted by atomic mass is 32.2. The van der Waals surface area contributed by atoms with E-state index >= 15 is 0 Å². The lowest BCUT2D eigenvalue weighted by atomic mass is 9.97. The van der Waals surface area contributed by atoms with Gasteiger partial charge in [0, 0.05) is 22.9 Å². The van der Waals surface area contributed by atoms with Gasteiger partial charge in [0.25, 0.3) is 0 Å². The van der Waals surface area contributed by atoms with E-state index < -0.39 is 6.10 Å². The SMILES string of the molecule is C=C(S/C=C(/C(=O)OC)C(C)CC)C(O)CC(NC(=O)CCCC)C(C)C. The first-order valence-corrected chi connectivity index (χ1v) is 10.7. The van der Waals surface area contributed by atoms with Gasteiger partial charge in [-0.25, -0.2) is 4.79 Å². The molecule has 0 aromatic carbocycles. The summed E-state index contributed by atoms with van der Waals surface area (Å²) in [4.78, 5) is 24.5. The van der Waals surface area contributed by atoms with Crippen molar-refractivity contribution in [2.24, 2.45) is 11.8 Å². The molecular formula is C21H37NO4S. The summed E-state index contributed by atoms with van der Waals surface area (Å²) in [6, 6.07) is -0.125. The monoisotopic (exact) mass is 399 g/mol.